The highest BCUT2D eigenvalue weighted by molar-refractivity contribution is 4.82. The van der Waals surface area contributed by atoms with Crippen LogP contribution in [0.15, 0.2) is 0 Å². The lowest BCUT2D eigenvalue weighted by molar-refractivity contribution is -0.0164. The maximum absolute atomic E-state index is 5.87. The first-order chi connectivity index (χ1) is 11.6. The second kappa shape index (κ2) is 9.19. The first-order valence-electron chi connectivity index (χ1n) is 10.7. The van der Waals surface area contributed by atoms with Gasteiger partial charge in [0.05, 0.1) is 12.2 Å². The molecule has 2 heterocycles. The fourth-order valence-corrected chi connectivity index (χ4v) is 4.34. The lowest BCUT2D eigenvalue weighted by Crippen LogP contribution is -2.46. The van der Waals surface area contributed by atoms with Gasteiger partial charge in [0.25, 0.3) is 0 Å². The van der Waals surface area contributed by atoms with Crippen LogP contribution in [0.5, 0.6) is 0 Å². The maximum atomic E-state index is 5.87. The van der Waals surface area contributed by atoms with Crippen LogP contribution in [0.3, 0.4) is 0 Å². The Morgan fingerprint density at radius 2 is 1.24 bits per heavy atom. The van der Waals surface area contributed by atoms with Crippen molar-refractivity contribution in [3.63, 3.8) is 0 Å². The molecule has 2 saturated heterocycles. The van der Waals surface area contributed by atoms with E-state index in [1.165, 1.54) is 64.7 Å². The Bertz CT molecular complexity index is 366. The molecule has 0 N–H and O–H groups in total. The molecule has 2 rings (SSSR count). The highest BCUT2D eigenvalue weighted by Crippen LogP contribution is 2.30. The number of hydrogen-bond donors (Lipinski definition) is 0. The number of ether oxygens (including phenoxy) is 1. The van der Waals surface area contributed by atoms with Crippen LogP contribution in [0.25, 0.3) is 0 Å². The summed E-state index contributed by atoms with van der Waals surface area (Å²) in [7, 11) is 0. The number of hydrogen-bond acceptors (Lipinski definition) is 3. The van der Waals surface area contributed by atoms with E-state index in [1.807, 2.05) is 0 Å². The normalized spacial score (nSPS) is 23.3. The molecular weight excluding hydrogens is 308 g/mol. The van der Waals surface area contributed by atoms with E-state index in [1.54, 1.807) is 0 Å². The Balaban J connectivity index is 1.56. The lowest BCUT2D eigenvalue weighted by atomic mass is 9.84. The van der Waals surface area contributed by atoms with E-state index in [2.05, 4.69) is 51.3 Å². The van der Waals surface area contributed by atoms with E-state index in [4.69, 9.17) is 4.74 Å². The van der Waals surface area contributed by atoms with Crippen molar-refractivity contribution in [3.8, 4) is 0 Å². The van der Waals surface area contributed by atoms with Gasteiger partial charge in [-0.05, 0) is 105 Å². The minimum atomic E-state index is 0.000881. The van der Waals surface area contributed by atoms with Crippen molar-refractivity contribution in [3.05, 3.63) is 0 Å². The van der Waals surface area contributed by atoms with Gasteiger partial charge >= 0.3 is 0 Å². The quantitative estimate of drug-likeness (QED) is 0.682. The average molecular weight is 353 g/mol. The topological polar surface area (TPSA) is 15.7 Å². The number of likely N-dealkylation sites (tertiary alicyclic amines) is 2. The predicted octanol–water partition coefficient (Wildman–Crippen LogP) is 4.80. The van der Waals surface area contributed by atoms with Gasteiger partial charge in [-0.2, -0.15) is 0 Å². The number of nitrogens with zero attached hydrogens (tertiary/aromatic N) is 2. The van der Waals surface area contributed by atoms with Gasteiger partial charge in [0.2, 0.25) is 0 Å². The molecule has 0 aromatic rings. The van der Waals surface area contributed by atoms with E-state index in [0.717, 1.165) is 25.0 Å². The van der Waals surface area contributed by atoms with Gasteiger partial charge in [-0.3, -0.25) is 4.90 Å². The Hall–Kier alpha value is -0.120. The molecule has 0 saturated carbocycles. The monoisotopic (exact) mass is 352 g/mol. The van der Waals surface area contributed by atoms with Crippen molar-refractivity contribution in [2.45, 2.75) is 91.2 Å². The molecule has 148 valence electrons. The summed E-state index contributed by atoms with van der Waals surface area (Å²) < 4.78 is 5.87. The van der Waals surface area contributed by atoms with Crippen LogP contribution in [-0.2, 0) is 4.74 Å². The second-order valence-corrected chi connectivity index (χ2v) is 10.4. The summed E-state index contributed by atoms with van der Waals surface area (Å²) in [6.07, 6.45) is 8.57. The fraction of sp³-hybridized carbons (Fsp3) is 1.00. The zero-order valence-corrected chi connectivity index (χ0v) is 17.9. The van der Waals surface area contributed by atoms with Gasteiger partial charge in [-0.25, -0.2) is 0 Å². The Morgan fingerprint density at radius 3 is 1.68 bits per heavy atom. The molecule has 2 aliphatic rings. The van der Waals surface area contributed by atoms with Gasteiger partial charge in [0.1, 0.15) is 0 Å². The fourth-order valence-electron chi connectivity index (χ4n) is 4.34. The zero-order valence-electron chi connectivity index (χ0n) is 17.9. The van der Waals surface area contributed by atoms with Gasteiger partial charge in [0.15, 0.2) is 0 Å². The summed E-state index contributed by atoms with van der Waals surface area (Å²) in [5, 5.41) is 0. The van der Waals surface area contributed by atoms with Crippen LogP contribution in [0.2, 0.25) is 0 Å². The summed E-state index contributed by atoms with van der Waals surface area (Å²) in [6, 6.07) is 0. The standard InChI is InChI=1S/C22H44N2O/c1-21(2,3)24-15-11-20(12-16-24)8-7-19-9-13-23(14-10-19)17-18-25-22(4,5)6/h19-20H,7-18H2,1-6H3. The van der Waals surface area contributed by atoms with Crippen LogP contribution in [0, 0.1) is 11.8 Å². The average Bonchev–Trinajstić information content (AvgIpc) is 2.52. The SMILES string of the molecule is CC(C)(C)OCCN1CCC(CCC2CCN(C(C)(C)C)CC2)CC1. The molecule has 0 amide bonds. The smallest absolute Gasteiger partial charge is 0.0600 e. The van der Waals surface area contributed by atoms with Crippen molar-refractivity contribution < 1.29 is 4.74 Å². The van der Waals surface area contributed by atoms with Crippen LogP contribution in [0.4, 0.5) is 0 Å². The third kappa shape index (κ3) is 7.97. The number of piperidine rings is 2. The predicted molar refractivity (Wildman–Crippen MR) is 108 cm³/mol. The largest absolute Gasteiger partial charge is 0.375 e. The summed E-state index contributed by atoms with van der Waals surface area (Å²) in [5.74, 6) is 1.96. The Kier molecular flexibility index (Phi) is 7.79. The summed E-state index contributed by atoms with van der Waals surface area (Å²) in [5.41, 5.74) is 0.357. The Morgan fingerprint density at radius 1 is 0.760 bits per heavy atom. The van der Waals surface area contributed by atoms with Crippen LogP contribution < -0.4 is 0 Å². The maximum Gasteiger partial charge on any atom is 0.0600 e. The molecule has 3 nitrogen and oxygen atoms in total. The molecule has 0 unspecified atom stereocenters. The molecular formula is C22H44N2O. The highest BCUT2D eigenvalue weighted by Gasteiger charge is 2.27. The molecule has 0 aromatic heterocycles. The van der Waals surface area contributed by atoms with Crippen LogP contribution in [-0.4, -0.2) is 60.3 Å². The third-order valence-electron chi connectivity index (χ3n) is 6.20. The molecule has 0 spiro atoms. The van der Waals surface area contributed by atoms with E-state index in [9.17, 15) is 0 Å². The van der Waals surface area contributed by atoms with Gasteiger partial charge in [-0.15, -0.1) is 0 Å². The van der Waals surface area contributed by atoms with Crippen molar-refractivity contribution in [1.29, 1.82) is 0 Å². The van der Waals surface area contributed by atoms with Crippen LogP contribution in [0.1, 0.15) is 80.1 Å². The van der Waals surface area contributed by atoms with Crippen molar-refractivity contribution in [1.82, 2.24) is 9.80 Å². The molecule has 2 fully saturated rings. The Labute approximate surface area is 157 Å². The molecule has 2 aliphatic heterocycles. The minimum Gasteiger partial charge on any atom is -0.375 e. The van der Waals surface area contributed by atoms with Gasteiger partial charge < -0.3 is 9.64 Å². The van der Waals surface area contributed by atoms with E-state index >= 15 is 0 Å². The second-order valence-electron chi connectivity index (χ2n) is 10.4. The zero-order chi connectivity index (χ0) is 18.5. The lowest BCUT2D eigenvalue weighted by Gasteiger charge is -2.41. The molecule has 0 aromatic carbocycles. The van der Waals surface area contributed by atoms with E-state index < -0.39 is 0 Å². The van der Waals surface area contributed by atoms with E-state index in [0.29, 0.717) is 5.54 Å². The van der Waals surface area contributed by atoms with Gasteiger partial charge in [0, 0.05) is 12.1 Å². The summed E-state index contributed by atoms with van der Waals surface area (Å²) in [6.45, 7) is 20.6. The van der Waals surface area contributed by atoms with Crippen molar-refractivity contribution >= 4 is 0 Å². The third-order valence-corrected chi connectivity index (χ3v) is 6.20. The molecule has 25 heavy (non-hydrogen) atoms. The summed E-state index contributed by atoms with van der Waals surface area (Å²) >= 11 is 0. The van der Waals surface area contributed by atoms with Crippen molar-refractivity contribution in [2.75, 3.05) is 39.3 Å². The molecule has 3 heteroatoms. The minimum absolute atomic E-state index is 0.000881. The van der Waals surface area contributed by atoms with E-state index in [-0.39, 0.29) is 5.60 Å². The molecule has 0 aliphatic carbocycles. The molecule has 0 atom stereocenters. The molecule has 0 radical (unpaired) electrons. The highest BCUT2D eigenvalue weighted by atomic mass is 16.5. The van der Waals surface area contributed by atoms with Gasteiger partial charge in [-0.1, -0.05) is 12.8 Å². The number of rotatable bonds is 6. The first kappa shape index (κ1) is 21.2. The van der Waals surface area contributed by atoms with Crippen LogP contribution >= 0.6 is 0 Å². The van der Waals surface area contributed by atoms with Crippen molar-refractivity contribution in [2.24, 2.45) is 11.8 Å². The first-order valence-corrected chi connectivity index (χ1v) is 10.7. The molecule has 0 bridgehead atoms. The summed E-state index contributed by atoms with van der Waals surface area (Å²) in [4.78, 5) is 5.27.